The lowest BCUT2D eigenvalue weighted by atomic mass is 10.2. The normalized spacial score (nSPS) is 10.3. The molecule has 0 radical (unpaired) electrons. The maximum absolute atomic E-state index is 11.9. The number of halogens is 3. The lowest BCUT2D eigenvalue weighted by molar-refractivity contribution is 0.0473. The summed E-state index contributed by atoms with van der Waals surface area (Å²) in [5.41, 5.74) is 6.91. The van der Waals surface area contributed by atoms with E-state index in [0.29, 0.717) is 31.9 Å². The average molecular weight is 331 g/mol. The molecular formula is C14H10Cl3NO2. The van der Waals surface area contributed by atoms with E-state index in [4.69, 9.17) is 45.3 Å². The van der Waals surface area contributed by atoms with E-state index in [0.717, 1.165) is 0 Å². The molecule has 3 nitrogen and oxygen atoms in total. The molecule has 0 aliphatic rings. The third-order valence-corrected chi connectivity index (χ3v) is 3.55. The molecule has 0 fully saturated rings. The Kier molecular flexibility index (Phi) is 4.76. The molecule has 0 spiro atoms. The minimum Gasteiger partial charge on any atom is -0.457 e. The summed E-state index contributed by atoms with van der Waals surface area (Å²) in [5, 5.41) is 1.40. The predicted molar refractivity (Wildman–Crippen MR) is 81.4 cm³/mol. The highest BCUT2D eigenvalue weighted by molar-refractivity contribution is 6.33. The maximum Gasteiger partial charge on any atom is 0.338 e. The van der Waals surface area contributed by atoms with Crippen molar-refractivity contribution in [3.8, 4) is 0 Å². The fourth-order valence-electron chi connectivity index (χ4n) is 1.55. The van der Waals surface area contributed by atoms with Crippen molar-refractivity contribution >= 4 is 46.5 Å². The molecule has 0 saturated heterocycles. The van der Waals surface area contributed by atoms with E-state index in [-0.39, 0.29) is 6.61 Å². The molecule has 2 aromatic rings. The number of nitrogens with two attached hydrogens (primary N) is 1. The first-order valence-corrected chi connectivity index (χ1v) is 6.77. The van der Waals surface area contributed by atoms with Crippen LogP contribution >= 0.6 is 34.8 Å². The van der Waals surface area contributed by atoms with Gasteiger partial charge in [-0.15, -0.1) is 0 Å². The number of anilines is 1. The fraction of sp³-hybridized carbons (Fsp3) is 0.0714. The van der Waals surface area contributed by atoms with Gasteiger partial charge >= 0.3 is 5.97 Å². The molecule has 2 aromatic carbocycles. The second-order valence-electron chi connectivity index (χ2n) is 4.05. The summed E-state index contributed by atoms with van der Waals surface area (Å²) in [6, 6.07) is 9.50. The number of hydrogen-bond acceptors (Lipinski definition) is 3. The zero-order chi connectivity index (χ0) is 14.7. The monoisotopic (exact) mass is 329 g/mol. The summed E-state index contributed by atoms with van der Waals surface area (Å²) in [6.45, 7) is 0.0285. The van der Waals surface area contributed by atoms with Crippen molar-refractivity contribution in [1.82, 2.24) is 0 Å². The van der Waals surface area contributed by atoms with Gasteiger partial charge in [0.2, 0.25) is 0 Å². The molecule has 20 heavy (non-hydrogen) atoms. The summed E-state index contributed by atoms with van der Waals surface area (Å²) in [6.07, 6.45) is 0. The fourth-order valence-corrected chi connectivity index (χ4v) is 2.04. The molecule has 0 aliphatic carbocycles. The Morgan fingerprint density at radius 1 is 1.05 bits per heavy atom. The van der Waals surface area contributed by atoms with Crippen LogP contribution in [0.3, 0.4) is 0 Å². The molecule has 2 N–H and O–H groups in total. The lowest BCUT2D eigenvalue weighted by Crippen LogP contribution is -2.06. The van der Waals surface area contributed by atoms with Gasteiger partial charge in [-0.25, -0.2) is 4.79 Å². The van der Waals surface area contributed by atoms with Gasteiger partial charge in [0.15, 0.2) is 0 Å². The third kappa shape index (κ3) is 3.57. The highest BCUT2D eigenvalue weighted by Gasteiger charge is 2.10. The molecule has 0 aliphatic heterocycles. The molecule has 104 valence electrons. The Balaban J connectivity index is 2.08. The maximum atomic E-state index is 11.9. The van der Waals surface area contributed by atoms with Crippen LogP contribution in [-0.2, 0) is 11.3 Å². The van der Waals surface area contributed by atoms with Crippen LogP contribution in [0, 0.1) is 0 Å². The van der Waals surface area contributed by atoms with E-state index in [1.54, 1.807) is 30.3 Å². The standard InChI is InChI=1S/C14H10Cl3NO2/c15-10-2-4-11(16)9(5-10)7-20-14(19)8-1-3-12(17)13(18)6-8/h1-6H,7,18H2. The number of esters is 1. The van der Waals surface area contributed by atoms with Crippen LogP contribution in [0.4, 0.5) is 5.69 Å². The molecule has 2 rings (SSSR count). The van der Waals surface area contributed by atoms with Gasteiger partial charge < -0.3 is 10.5 Å². The summed E-state index contributed by atoms with van der Waals surface area (Å²) in [4.78, 5) is 11.9. The average Bonchev–Trinajstić information content (AvgIpc) is 2.42. The van der Waals surface area contributed by atoms with Crippen LogP contribution in [0.25, 0.3) is 0 Å². The predicted octanol–water partition coefficient (Wildman–Crippen LogP) is 4.59. The second-order valence-corrected chi connectivity index (χ2v) is 5.30. The number of rotatable bonds is 3. The third-order valence-electron chi connectivity index (χ3n) is 2.60. The topological polar surface area (TPSA) is 52.3 Å². The van der Waals surface area contributed by atoms with Gasteiger partial charge in [0.05, 0.1) is 16.3 Å². The largest absolute Gasteiger partial charge is 0.457 e. The Morgan fingerprint density at radius 3 is 2.45 bits per heavy atom. The number of ether oxygens (including phenoxy) is 1. The number of benzene rings is 2. The lowest BCUT2D eigenvalue weighted by Gasteiger charge is -2.08. The zero-order valence-electron chi connectivity index (χ0n) is 10.2. The van der Waals surface area contributed by atoms with Crippen molar-refractivity contribution in [3.05, 3.63) is 62.6 Å². The van der Waals surface area contributed by atoms with E-state index < -0.39 is 5.97 Å². The number of nitrogen functional groups attached to an aromatic ring is 1. The summed E-state index contributed by atoms with van der Waals surface area (Å²) in [7, 11) is 0. The van der Waals surface area contributed by atoms with Gasteiger partial charge in [-0.3, -0.25) is 0 Å². The van der Waals surface area contributed by atoms with Crippen molar-refractivity contribution in [2.24, 2.45) is 0 Å². The first-order valence-electron chi connectivity index (χ1n) is 5.63. The minimum absolute atomic E-state index is 0.0285. The van der Waals surface area contributed by atoms with Crippen LogP contribution in [0.15, 0.2) is 36.4 Å². The van der Waals surface area contributed by atoms with Crippen LogP contribution in [0.1, 0.15) is 15.9 Å². The zero-order valence-corrected chi connectivity index (χ0v) is 12.5. The van der Waals surface area contributed by atoms with Crippen molar-refractivity contribution in [2.45, 2.75) is 6.61 Å². The Morgan fingerprint density at radius 2 is 1.75 bits per heavy atom. The summed E-state index contributed by atoms with van der Waals surface area (Å²) >= 11 is 17.6. The van der Waals surface area contributed by atoms with Crippen molar-refractivity contribution < 1.29 is 9.53 Å². The van der Waals surface area contributed by atoms with E-state index >= 15 is 0 Å². The molecule has 0 bridgehead atoms. The highest BCUT2D eigenvalue weighted by atomic mass is 35.5. The SMILES string of the molecule is Nc1cc(C(=O)OCc2cc(Cl)ccc2Cl)ccc1Cl. The van der Waals surface area contributed by atoms with Gasteiger partial charge in [0.1, 0.15) is 6.61 Å². The van der Waals surface area contributed by atoms with Crippen LogP contribution in [-0.4, -0.2) is 5.97 Å². The Labute approximate surface area is 131 Å². The van der Waals surface area contributed by atoms with Gasteiger partial charge in [-0.05, 0) is 36.4 Å². The van der Waals surface area contributed by atoms with Crippen LogP contribution < -0.4 is 5.73 Å². The first kappa shape index (κ1) is 15.0. The quantitative estimate of drug-likeness (QED) is 0.661. The molecule has 0 aromatic heterocycles. The van der Waals surface area contributed by atoms with Crippen molar-refractivity contribution in [3.63, 3.8) is 0 Å². The smallest absolute Gasteiger partial charge is 0.338 e. The van der Waals surface area contributed by atoms with Gasteiger partial charge in [0.25, 0.3) is 0 Å². The molecule has 6 heteroatoms. The summed E-state index contributed by atoms with van der Waals surface area (Å²) < 4.78 is 5.16. The van der Waals surface area contributed by atoms with Gasteiger partial charge in [-0.1, -0.05) is 34.8 Å². The molecule has 0 amide bonds. The van der Waals surface area contributed by atoms with Gasteiger partial charge in [-0.2, -0.15) is 0 Å². The van der Waals surface area contributed by atoms with E-state index in [1.165, 1.54) is 6.07 Å². The Bertz CT molecular complexity index is 659. The Hall–Kier alpha value is -1.42. The number of carbonyl (C=O) groups is 1. The molecule has 0 unspecified atom stereocenters. The van der Waals surface area contributed by atoms with Crippen molar-refractivity contribution in [2.75, 3.05) is 5.73 Å². The van der Waals surface area contributed by atoms with E-state index in [9.17, 15) is 4.79 Å². The molecule has 0 atom stereocenters. The van der Waals surface area contributed by atoms with Crippen molar-refractivity contribution in [1.29, 1.82) is 0 Å². The van der Waals surface area contributed by atoms with E-state index in [1.807, 2.05) is 0 Å². The molecule has 0 saturated carbocycles. The summed E-state index contributed by atoms with van der Waals surface area (Å²) in [5.74, 6) is -0.510. The highest BCUT2D eigenvalue weighted by Crippen LogP contribution is 2.23. The number of carbonyl (C=O) groups excluding carboxylic acids is 1. The van der Waals surface area contributed by atoms with Crippen LogP contribution in [0.5, 0.6) is 0 Å². The number of hydrogen-bond donors (Lipinski definition) is 1. The molecule has 0 heterocycles. The van der Waals surface area contributed by atoms with Crippen LogP contribution in [0.2, 0.25) is 15.1 Å². The first-order chi connectivity index (χ1) is 9.47. The van der Waals surface area contributed by atoms with Gasteiger partial charge in [0, 0.05) is 15.6 Å². The minimum atomic E-state index is -0.510. The van der Waals surface area contributed by atoms with E-state index in [2.05, 4.69) is 0 Å². The molecular weight excluding hydrogens is 321 g/mol. The second kappa shape index (κ2) is 6.35.